The number of nitrogens with zero attached hydrogens (tertiary/aromatic N) is 1. The molecule has 1 aliphatic heterocycles. The molecular weight excluding hydrogens is 598 g/mol. The second-order valence-corrected chi connectivity index (χ2v) is 14.9. The van der Waals surface area contributed by atoms with E-state index in [0.29, 0.717) is 0 Å². The van der Waals surface area contributed by atoms with Crippen LogP contribution in [0.1, 0.15) is 111 Å². The molecule has 1 aromatic carbocycles. The zero-order valence-electron chi connectivity index (χ0n) is 28.9. The molecule has 1 aromatic rings. The van der Waals surface area contributed by atoms with Crippen LogP contribution in [-0.2, 0) is 33.7 Å². The second-order valence-electron chi connectivity index (χ2n) is 14.9. The highest BCUT2D eigenvalue weighted by Gasteiger charge is 2.50. The van der Waals surface area contributed by atoms with E-state index in [1.165, 1.54) is 81.4 Å². The van der Waals surface area contributed by atoms with Gasteiger partial charge in [0.2, 0.25) is 23.6 Å². The Hall–Kier alpha value is -4.33. The lowest BCUT2D eigenvalue weighted by Crippen LogP contribution is -2.68. The Labute approximate surface area is 269 Å². The summed E-state index contributed by atoms with van der Waals surface area (Å²) in [6.45, 7) is 19.1. The van der Waals surface area contributed by atoms with Crippen LogP contribution in [0.4, 0.5) is 0 Å². The summed E-state index contributed by atoms with van der Waals surface area (Å²) in [5.41, 5.74) is -8.38. The van der Waals surface area contributed by atoms with Gasteiger partial charge in [0.25, 0.3) is 11.8 Å². The SMILES string of the molecule is CC(C)(C)OOC(=O)C(C)(C)NC(=O)C(C)(C)NC(=O)C(C)(C)NC(=O)C(C)(C)NC(=O)C(C)(C)N1C(=O)c2ccccc2C1=O. The van der Waals surface area contributed by atoms with E-state index in [4.69, 9.17) is 9.78 Å². The Morgan fingerprint density at radius 1 is 0.543 bits per heavy atom. The molecule has 0 aliphatic carbocycles. The lowest BCUT2D eigenvalue weighted by Gasteiger charge is -2.38. The Kier molecular flexibility index (Phi) is 10.3. The van der Waals surface area contributed by atoms with Gasteiger partial charge in [-0.1, -0.05) is 12.1 Å². The Bertz CT molecular complexity index is 1420. The Morgan fingerprint density at radius 2 is 0.870 bits per heavy atom. The van der Waals surface area contributed by atoms with E-state index in [1.807, 2.05) is 0 Å². The molecule has 0 atom stereocenters. The maximum Gasteiger partial charge on any atom is 0.366 e. The number of benzene rings is 1. The van der Waals surface area contributed by atoms with Crippen LogP contribution in [0.15, 0.2) is 24.3 Å². The average molecular weight is 646 g/mol. The third kappa shape index (κ3) is 8.27. The van der Waals surface area contributed by atoms with E-state index in [1.54, 1.807) is 32.9 Å². The molecule has 14 heteroatoms. The highest BCUT2D eigenvalue weighted by molar-refractivity contribution is 6.23. The molecule has 6 amide bonds. The minimum Gasteiger partial charge on any atom is -0.340 e. The van der Waals surface area contributed by atoms with Crippen LogP contribution in [0.25, 0.3) is 0 Å². The zero-order valence-corrected chi connectivity index (χ0v) is 28.9. The van der Waals surface area contributed by atoms with Gasteiger partial charge in [-0.25, -0.2) is 4.79 Å². The molecule has 0 fully saturated rings. The van der Waals surface area contributed by atoms with Gasteiger partial charge in [-0.05, 0) is 102 Å². The van der Waals surface area contributed by atoms with Gasteiger partial charge in [-0.15, -0.1) is 0 Å². The molecule has 2 rings (SSSR count). The molecule has 0 spiro atoms. The highest BCUT2D eigenvalue weighted by Crippen LogP contribution is 2.30. The predicted molar refractivity (Wildman–Crippen MR) is 167 cm³/mol. The van der Waals surface area contributed by atoms with Crippen LogP contribution in [0.2, 0.25) is 0 Å². The minimum absolute atomic E-state index is 0.174. The summed E-state index contributed by atoms with van der Waals surface area (Å²) in [5, 5.41) is 10.3. The second kappa shape index (κ2) is 12.5. The third-order valence-electron chi connectivity index (χ3n) is 7.19. The van der Waals surface area contributed by atoms with Gasteiger partial charge in [0, 0.05) is 0 Å². The van der Waals surface area contributed by atoms with Gasteiger partial charge in [0.05, 0.1) is 11.1 Å². The van der Waals surface area contributed by atoms with Crippen molar-refractivity contribution in [3.05, 3.63) is 35.4 Å². The fourth-order valence-electron chi connectivity index (χ4n) is 4.04. The number of imide groups is 1. The van der Waals surface area contributed by atoms with Crippen molar-refractivity contribution in [3.8, 4) is 0 Å². The van der Waals surface area contributed by atoms with E-state index in [2.05, 4.69) is 21.3 Å². The number of hydrogen-bond donors (Lipinski definition) is 4. The van der Waals surface area contributed by atoms with Gasteiger partial charge in [0.1, 0.15) is 33.3 Å². The number of hydrogen-bond acceptors (Lipinski definition) is 9. The van der Waals surface area contributed by atoms with Gasteiger partial charge < -0.3 is 21.3 Å². The maximum atomic E-state index is 13.4. The maximum absolute atomic E-state index is 13.4. The molecule has 254 valence electrons. The van der Waals surface area contributed by atoms with E-state index in [9.17, 15) is 33.6 Å². The summed E-state index contributed by atoms with van der Waals surface area (Å²) in [4.78, 5) is 102. The number of carbonyl (C=O) groups excluding carboxylic acids is 7. The monoisotopic (exact) mass is 645 g/mol. The smallest absolute Gasteiger partial charge is 0.340 e. The van der Waals surface area contributed by atoms with Crippen LogP contribution in [0.3, 0.4) is 0 Å². The summed E-state index contributed by atoms with van der Waals surface area (Å²) in [6.07, 6.45) is 0. The first kappa shape index (κ1) is 37.9. The lowest BCUT2D eigenvalue weighted by molar-refractivity contribution is -0.323. The first-order valence-electron chi connectivity index (χ1n) is 14.8. The molecule has 0 saturated heterocycles. The fourth-order valence-corrected chi connectivity index (χ4v) is 4.04. The molecule has 46 heavy (non-hydrogen) atoms. The average Bonchev–Trinajstić information content (AvgIpc) is 3.15. The van der Waals surface area contributed by atoms with Crippen molar-refractivity contribution in [1.29, 1.82) is 0 Å². The number of carbonyl (C=O) groups is 7. The predicted octanol–water partition coefficient (Wildman–Crippen LogP) is 1.91. The number of fused-ring (bicyclic) bond motifs is 1. The van der Waals surface area contributed by atoms with Crippen LogP contribution in [0, 0.1) is 0 Å². The summed E-state index contributed by atoms with van der Waals surface area (Å²) in [7, 11) is 0. The summed E-state index contributed by atoms with van der Waals surface area (Å²) < 4.78 is 0. The van der Waals surface area contributed by atoms with Crippen LogP contribution in [0.5, 0.6) is 0 Å². The van der Waals surface area contributed by atoms with E-state index in [-0.39, 0.29) is 11.1 Å². The molecule has 0 bridgehead atoms. The lowest BCUT2D eigenvalue weighted by atomic mass is 9.94. The van der Waals surface area contributed by atoms with Gasteiger partial charge in [-0.2, -0.15) is 4.89 Å². The van der Waals surface area contributed by atoms with Crippen molar-refractivity contribution in [2.75, 3.05) is 0 Å². The van der Waals surface area contributed by atoms with Crippen molar-refractivity contribution in [2.24, 2.45) is 0 Å². The highest BCUT2D eigenvalue weighted by atomic mass is 17.2. The summed E-state index contributed by atoms with van der Waals surface area (Å²) in [5.74, 6) is -5.13. The van der Waals surface area contributed by atoms with E-state index >= 15 is 0 Å². The Balaban J connectivity index is 2.09. The molecule has 0 aromatic heterocycles. The minimum atomic E-state index is -1.67. The van der Waals surface area contributed by atoms with Crippen molar-refractivity contribution in [3.63, 3.8) is 0 Å². The molecule has 0 saturated carbocycles. The van der Waals surface area contributed by atoms with E-state index < -0.39 is 74.7 Å². The normalized spacial score (nSPS) is 14.3. The molecule has 14 nitrogen and oxygen atoms in total. The van der Waals surface area contributed by atoms with Crippen LogP contribution < -0.4 is 21.3 Å². The van der Waals surface area contributed by atoms with Gasteiger partial charge in [0.15, 0.2) is 0 Å². The topological polar surface area (TPSA) is 189 Å². The van der Waals surface area contributed by atoms with E-state index in [0.717, 1.165) is 4.90 Å². The quantitative estimate of drug-likeness (QED) is 0.158. The molecule has 1 heterocycles. The summed E-state index contributed by atoms with van der Waals surface area (Å²) in [6, 6.07) is 6.22. The Morgan fingerprint density at radius 3 is 1.22 bits per heavy atom. The van der Waals surface area contributed by atoms with Crippen LogP contribution in [-0.4, -0.2) is 79.6 Å². The van der Waals surface area contributed by atoms with Crippen molar-refractivity contribution in [2.45, 2.75) is 123 Å². The molecule has 1 aliphatic rings. The molecule has 0 radical (unpaired) electrons. The van der Waals surface area contributed by atoms with Gasteiger partial charge >= 0.3 is 5.97 Å². The fraction of sp³-hybridized carbons (Fsp3) is 0.594. The standard InChI is InChI=1S/C32H47N5O9/c1-27(2,3)46-45-26(44)31(10,11)35-24(42)29(6,7)33-22(40)28(4,5)34-23(41)30(8,9)36-25(43)32(12,13)37-20(38)18-16-14-15-17-19(18)21(37)39/h14-17H,1-13H3,(H,33,40)(H,34,41)(H,35,42)(H,36,43). The molecule has 0 unspecified atom stereocenters. The molecular formula is C32H47N5O9. The van der Waals surface area contributed by atoms with Crippen molar-refractivity contribution >= 4 is 41.4 Å². The number of rotatable bonds is 11. The summed E-state index contributed by atoms with van der Waals surface area (Å²) >= 11 is 0. The van der Waals surface area contributed by atoms with Gasteiger partial charge in [-0.3, -0.25) is 38.6 Å². The number of amides is 6. The van der Waals surface area contributed by atoms with Crippen molar-refractivity contribution < 1.29 is 43.3 Å². The largest absolute Gasteiger partial charge is 0.366 e. The number of nitrogens with one attached hydrogen (secondary N) is 4. The van der Waals surface area contributed by atoms with Crippen molar-refractivity contribution in [1.82, 2.24) is 26.2 Å². The third-order valence-corrected chi connectivity index (χ3v) is 7.19. The first-order chi connectivity index (χ1) is 20.6. The van der Waals surface area contributed by atoms with Crippen LogP contribution >= 0.6 is 0 Å². The molecule has 4 N–H and O–H groups in total. The first-order valence-corrected chi connectivity index (χ1v) is 14.8. The zero-order chi connectivity index (χ0) is 35.8.